The van der Waals surface area contributed by atoms with Gasteiger partial charge in [0, 0.05) is 17.6 Å². The third kappa shape index (κ3) is 8.92. The van der Waals surface area contributed by atoms with Gasteiger partial charge in [-0.15, -0.1) is 0 Å². The predicted octanol–water partition coefficient (Wildman–Crippen LogP) is -0.266. The number of hydrogen-bond donors (Lipinski definition) is 1. The summed E-state index contributed by atoms with van der Waals surface area (Å²) in [5.74, 6) is -0.732. The summed E-state index contributed by atoms with van der Waals surface area (Å²) in [5, 5.41) is 0. The first-order chi connectivity index (χ1) is 6.12. The van der Waals surface area contributed by atoms with Crippen LogP contribution in [0.1, 0.15) is 6.92 Å². The molecule has 0 bridgehead atoms. The highest BCUT2D eigenvalue weighted by molar-refractivity contribution is 9.09. The molecular formula is C6H14BrNO4S2. The van der Waals surface area contributed by atoms with Gasteiger partial charge in [-0.25, -0.2) is 21.6 Å². The van der Waals surface area contributed by atoms with Gasteiger partial charge in [0.25, 0.3) is 0 Å². The summed E-state index contributed by atoms with van der Waals surface area (Å²) in [6, 6.07) is 0. The van der Waals surface area contributed by atoms with Gasteiger partial charge in [0.1, 0.15) is 9.84 Å². The Morgan fingerprint density at radius 3 is 2.07 bits per heavy atom. The van der Waals surface area contributed by atoms with Crippen molar-refractivity contribution in [2.45, 2.75) is 11.8 Å². The van der Waals surface area contributed by atoms with Crippen LogP contribution in [0.2, 0.25) is 0 Å². The Balaban J connectivity index is 4.10. The van der Waals surface area contributed by atoms with E-state index in [2.05, 4.69) is 20.7 Å². The highest BCUT2D eigenvalue weighted by Crippen LogP contribution is 1.96. The van der Waals surface area contributed by atoms with Gasteiger partial charge in [-0.2, -0.15) is 0 Å². The summed E-state index contributed by atoms with van der Waals surface area (Å²) in [6.07, 6.45) is 1.01. The van der Waals surface area contributed by atoms with Crippen LogP contribution in [0.25, 0.3) is 0 Å². The predicted molar refractivity (Wildman–Crippen MR) is 59.9 cm³/mol. The van der Waals surface area contributed by atoms with Crippen molar-refractivity contribution in [1.82, 2.24) is 4.72 Å². The average molecular weight is 308 g/mol. The van der Waals surface area contributed by atoms with Crippen molar-refractivity contribution < 1.29 is 16.8 Å². The van der Waals surface area contributed by atoms with Crippen LogP contribution in [0.3, 0.4) is 0 Å². The van der Waals surface area contributed by atoms with Crippen LogP contribution in [0, 0.1) is 0 Å². The molecule has 86 valence electrons. The molecule has 0 aromatic heterocycles. The Hall–Kier alpha value is 0.340. The van der Waals surface area contributed by atoms with Gasteiger partial charge in [0.2, 0.25) is 10.0 Å². The Labute approximate surface area is 93.4 Å². The standard InChI is InChI=1S/C6H14BrNO4S2/c1-6(7)5-8-14(11,12)4-3-13(2,9)10/h6,8H,3-5H2,1-2H3. The number of halogens is 1. The first kappa shape index (κ1) is 14.3. The van der Waals surface area contributed by atoms with Crippen molar-refractivity contribution in [2.24, 2.45) is 0 Å². The lowest BCUT2D eigenvalue weighted by Crippen LogP contribution is -2.32. The molecule has 1 unspecified atom stereocenters. The Morgan fingerprint density at radius 2 is 1.71 bits per heavy atom. The fourth-order valence-corrected chi connectivity index (χ4v) is 3.69. The number of rotatable bonds is 6. The average Bonchev–Trinajstić information content (AvgIpc) is 1.97. The van der Waals surface area contributed by atoms with E-state index < -0.39 is 19.9 Å². The zero-order valence-corrected chi connectivity index (χ0v) is 11.2. The van der Waals surface area contributed by atoms with Crippen LogP contribution in [-0.2, 0) is 19.9 Å². The van der Waals surface area contributed by atoms with Crippen LogP contribution in [0.15, 0.2) is 0 Å². The van der Waals surface area contributed by atoms with Crippen molar-refractivity contribution in [3.8, 4) is 0 Å². The third-order valence-electron chi connectivity index (χ3n) is 1.31. The molecule has 0 fully saturated rings. The van der Waals surface area contributed by atoms with Crippen LogP contribution in [0.4, 0.5) is 0 Å². The van der Waals surface area contributed by atoms with Crippen molar-refractivity contribution >= 4 is 35.8 Å². The second-order valence-electron chi connectivity index (χ2n) is 3.08. The Morgan fingerprint density at radius 1 is 1.21 bits per heavy atom. The molecule has 0 spiro atoms. The number of alkyl halides is 1. The number of sulfonamides is 1. The summed E-state index contributed by atoms with van der Waals surface area (Å²) in [7, 11) is -6.70. The second kappa shape index (κ2) is 5.43. The molecule has 0 saturated carbocycles. The maximum absolute atomic E-state index is 11.2. The molecule has 0 aromatic carbocycles. The third-order valence-corrected chi connectivity index (χ3v) is 4.18. The van der Waals surface area contributed by atoms with E-state index in [1.54, 1.807) is 6.92 Å². The van der Waals surface area contributed by atoms with Gasteiger partial charge in [0.15, 0.2) is 0 Å². The monoisotopic (exact) mass is 307 g/mol. The summed E-state index contributed by atoms with van der Waals surface area (Å²) >= 11 is 3.17. The number of sulfone groups is 1. The molecule has 14 heavy (non-hydrogen) atoms. The lowest BCUT2D eigenvalue weighted by molar-refractivity contribution is 0.579. The minimum atomic E-state index is -3.47. The van der Waals surface area contributed by atoms with Crippen molar-refractivity contribution in [1.29, 1.82) is 0 Å². The molecule has 0 heterocycles. The molecule has 0 aliphatic heterocycles. The summed E-state index contributed by atoms with van der Waals surface area (Å²) in [6.45, 7) is 2.05. The summed E-state index contributed by atoms with van der Waals surface area (Å²) < 4.78 is 46.1. The Bertz CT molecular complexity index is 359. The van der Waals surface area contributed by atoms with E-state index in [0.29, 0.717) is 0 Å². The Kier molecular flexibility index (Phi) is 5.56. The van der Waals surface area contributed by atoms with E-state index in [4.69, 9.17) is 0 Å². The van der Waals surface area contributed by atoms with E-state index in [1.165, 1.54) is 0 Å². The van der Waals surface area contributed by atoms with Crippen molar-refractivity contribution in [3.63, 3.8) is 0 Å². The van der Waals surface area contributed by atoms with Crippen LogP contribution >= 0.6 is 15.9 Å². The van der Waals surface area contributed by atoms with E-state index >= 15 is 0 Å². The van der Waals surface area contributed by atoms with Crippen LogP contribution < -0.4 is 4.72 Å². The van der Waals surface area contributed by atoms with Gasteiger partial charge < -0.3 is 0 Å². The fourth-order valence-electron chi connectivity index (χ4n) is 0.575. The van der Waals surface area contributed by atoms with Crippen molar-refractivity contribution in [2.75, 3.05) is 24.3 Å². The topological polar surface area (TPSA) is 80.3 Å². The largest absolute Gasteiger partial charge is 0.229 e. The highest BCUT2D eigenvalue weighted by atomic mass is 79.9. The maximum atomic E-state index is 11.2. The molecule has 0 aliphatic carbocycles. The number of hydrogen-bond acceptors (Lipinski definition) is 4. The second-order valence-corrected chi connectivity index (χ2v) is 8.83. The lowest BCUT2D eigenvalue weighted by atomic mass is 10.5. The molecule has 8 heteroatoms. The molecule has 0 amide bonds. The molecule has 1 N–H and O–H groups in total. The molecule has 0 radical (unpaired) electrons. The quantitative estimate of drug-likeness (QED) is 0.685. The first-order valence-electron chi connectivity index (χ1n) is 3.91. The molecule has 0 aliphatic rings. The zero-order chi connectivity index (χ0) is 11.4. The normalized spacial score (nSPS) is 15.4. The van der Waals surface area contributed by atoms with E-state index in [1.807, 2.05) is 0 Å². The first-order valence-corrected chi connectivity index (χ1v) is 8.54. The van der Waals surface area contributed by atoms with Crippen molar-refractivity contribution in [3.05, 3.63) is 0 Å². The van der Waals surface area contributed by atoms with Gasteiger partial charge in [-0.3, -0.25) is 0 Å². The summed E-state index contributed by atoms with van der Waals surface area (Å²) in [5.41, 5.74) is 0. The summed E-state index contributed by atoms with van der Waals surface area (Å²) in [4.78, 5) is 0.0236. The molecular weight excluding hydrogens is 294 g/mol. The zero-order valence-electron chi connectivity index (χ0n) is 8.03. The highest BCUT2D eigenvalue weighted by Gasteiger charge is 2.14. The number of nitrogens with one attached hydrogen (secondary N) is 1. The van der Waals surface area contributed by atoms with E-state index in [-0.39, 0.29) is 22.9 Å². The molecule has 1 atom stereocenters. The molecule has 0 rings (SSSR count). The minimum absolute atomic E-state index is 0.0236. The van der Waals surface area contributed by atoms with Crippen LogP contribution in [-0.4, -0.2) is 46.0 Å². The van der Waals surface area contributed by atoms with Gasteiger partial charge in [0.05, 0.1) is 11.5 Å². The van der Waals surface area contributed by atoms with Gasteiger partial charge in [-0.1, -0.05) is 22.9 Å². The smallest absolute Gasteiger partial charge is 0.212 e. The SMILES string of the molecule is CC(Br)CNS(=O)(=O)CCS(C)(=O)=O. The van der Waals surface area contributed by atoms with Gasteiger partial charge in [-0.05, 0) is 0 Å². The minimum Gasteiger partial charge on any atom is -0.229 e. The fraction of sp³-hybridized carbons (Fsp3) is 1.00. The lowest BCUT2D eigenvalue weighted by Gasteiger charge is -2.06. The van der Waals surface area contributed by atoms with E-state index in [0.717, 1.165) is 6.26 Å². The maximum Gasteiger partial charge on any atom is 0.212 e. The molecule has 5 nitrogen and oxygen atoms in total. The molecule has 0 aromatic rings. The van der Waals surface area contributed by atoms with Crippen LogP contribution in [0.5, 0.6) is 0 Å². The molecule has 0 saturated heterocycles. The van der Waals surface area contributed by atoms with E-state index in [9.17, 15) is 16.8 Å². The van der Waals surface area contributed by atoms with Gasteiger partial charge >= 0.3 is 0 Å².